The van der Waals surface area contributed by atoms with E-state index in [4.69, 9.17) is 0 Å². The third-order valence-corrected chi connectivity index (χ3v) is 7.71. The molecule has 0 spiro atoms. The van der Waals surface area contributed by atoms with E-state index in [9.17, 15) is 14.4 Å². The molecule has 1 aromatic rings. The number of piperidine rings is 2. The number of nitrogens with one attached hydrogen (secondary N) is 2. The van der Waals surface area contributed by atoms with Crippen LogP contribution in [0, 0.1) is 5.92 Å². The Balaban J connectivity index is 1.22. The summed E-state index contributed by atoms with van der Waals surface area (Å²) < 4.78 is 0. The van der Waals surface area contributed by atoms with Crippen LogP contribution in [0.4, 0.5) is 11.4 Å². The fourth-order valence-electron chi connectivity index (χ4n) is 4.67. The summed E-state index contributed by atoms with van der Waals surface area (Å²) in [4.78, 5) is 41.1. The summed E-state index contributed by atoms with van der Waals surface area (Å²) >= 11 is 2.04. The number of carbonyl (C=O) groups excluding carboxylic acids is 3. The zero-order chi connectivity index (χ0) is 21.6. The van der Waals surface area contributed by atoms with Gasteiger partial charge in [0.05, 0.1) is 0 Å². The molecule has 3 fully saturated rings. The van der Waals surface area contributed by atoms with E-state index < -0.39 is 11.8 Å². The second-order valence-electron chi connectivity index (χ2n) is 8.71. The molecule has 0 saturated carbocycles. The largest absolute Gasteiger partial charge is 0.348 e. The van der Waals surface area contributed by atoms with Gasteiger partial charge in [-0.15, -0.1) is 0 Å². The minimum Gasteiger partial charge on any atom is -0.348 e. The van der Waals surface area contributed by atoms with Crippen molar-refractivity contribution in [1.29, 1.82) is 0 Å². The Bertz CT molecular complexity index is 804. The van der Waals surface area contributed by atoms with Gasteiger partial charge in [0.1, 0.15) is 0 Å². The van der Waals surface area contributed by atoms with Crippen LogP contribution in [0.15, 0.2) is 24.3 Å². The summed E-state index contributed by atoms with van der Waals surface area (Å²) in [6.45, 7) is 3.40. The minimum absolute atomic E-state index is 0.102. The van der Waals surface area contributed by atoms with Gasteiger partial charge in [0.15, 0.2) is 0 Å². The van der Waals surface area contributed by atoms with Crippen LogP contribution in [-0.2, 0) is 14.4 Å². The first-order chi connectivity index (χ1) is 15.1. The summed E-state index contributed by atoms with van der Waals surface area (Å²) in [6.07, 6.45) is 5.87. The average Bonchev–Trinajstić information content (AvgIpc) is 3.33. The average molecular weight is 445 g/mol. The predicted molar refractivity (Wildman–Crippen MR) is 124 cm³/mol. The Labute approximate surface area is 188 Å². The summed E-state index contributed by atoms with van der Waals surface area (Å²) in [7, 11) is 0. The summed E-state index contributed by atoms with van der Waals surface area (Å²) in [5, 5.41) is 5.47. The molecule has 31 heavy (non-hydrogen) atoms. The molecule has 1 aromatic carbocycles. The number of nitrogens with zero attached hydrogens (tertiary/aromatic N) is 2. The maximum absolute atomic E-state index is 12.3. The molecule has 0 bridgehead atoms. The van der Waals surface area contributed by atoms with Gasteiger partial charge < -0.3 is 15.5 Å². The van der Waals surface area contributed by atoms with E-state index in [1.54, 1.807) is 23.1 Å². The van der Waals surface area contributed by atoms with Crippen molar-refractivity contribution < 1.29 is 14.4 Å². The molecule has 3 heterocycles. The standard InChI is InChI=1S/C23H32N4O3S/c28-21-6-1-2-10-27(21)19-5-3-4-18(14-19)25-23(30)22(29)24-15-17-7-11-26(12-8-17)20-9-13-31-16-20/h3-5,14,17,20H,1-2,6-13,15-16H2,(H,24,29)(H,25,30)/t20-/m1/s1. The van der Waals surface area contributed by atoms with Crippen molar-refractivity contribution in [3.8, 4) is 0 Å². The normalized spacial score (nSPS) is 23.0. The zero-order valence-corrected chi connectivity index (χ0v) is 18.8. The van der Waals surface area contributed by atoms with Gasteiger partial charge >= 0.3 is 11.8 Å². The van der Waals surface area contributed by atoms with Crippen LogP contribution in [0.2, 0.25) is 0 Å². The van der Waals surface area contributed by atoms with Gasteiger partial charge in [-0.2, -0.15) is 11.8 Å². The first kappa shape index (κ1) is 22.1. The number of hydrogen-bond donors (Lipinski definition) is 2. The van der Waals surface area contributed by atoms with Crippen LogP contribution in [0.3, 0.4) is 0 Å². The maximum Gasteiger partial charge on any atom is 0.313 e. The molecule has 3 aliphatic heterocycles. The first-order valence-electron chi connectivity index (χ1n) is 11.4. The molecule has 0 radical (unpaired) electrons. The second kappa shape index (κ2) is 10.5. The van der Waals surface area contributed by atoms with Gasteiger partial charge in [-0.1, -0.05) is 6.07 Å². The van der Waals surface area contributed by atoms with Crippen molar-refractivity contribution in [1.82, 2.24) is 10.2 Å². The smallest absolute Gasteiger partial charge is 0.313 e. The molecule has 8 heteroatoms. The van der Waals surface area contributed by atoms with Crippen molar-refractivity contribution in [3.63, 3.8) is 0 Å². The fourth-order valence-corrected chi connectivity index (χ4v) is 5.92. The Morgan fingerprint density at radius 1 is 1.06 bits per heavy atom. The Hall–Kier alpha value is -2.06. The second-order valence-corrected chi connectivity index (χ2v) is 9.86. The Kier molecular flexibility index (Phi) is 7.50. The van der Waals surface area contributed by atoms with Gasteiger partial charge in [-0.25, -0.2) is 0 Å². The van der Waals surface area contributed by atoms with E-state index in [2.05, 4.69) is 15.5 Å². The fraction of sp³-hybridized carbons (Fsp3) is 0.609. The number of benzene rings is 1. The molecule has 0 aromatic heterocycles. The molecule has 168 valence electrons. The molecular formula is C23H32N4O3S. The quantitative estimate of drug-likeness (QED) is 0.682. The number of thioether (sulfide) groups is 1. The monoisotopic (exact) mass is 444 g/mol. The summed E-state index contributed by atoms with van der Waals surface area (Å²) in [5.74, 6) is 1.78. The number of hydrogen-bond acceptors (Lipinski definition) is 5. The Morgan fingerprint density at radius 2 is 1.90 bits per heavy atom. The highest BCUT2D eigenvalue weighted by Crippen LogP contribution is 2.27. The van der Waals surface area contributed by atoms with Gasteiger partial charge in [0.2, 0.25) is 5.91 Å². The highest BCUT2D eigenvalue weighted by atomic mass is 32.2. The lowest BCUT2D eigenvalue weighted by Gasteiger charge is -2.35. The van der Waals surface area contributed by atoms with E-state index in [-0.39, 0.29) is 5.91 Å². The molecule has 4 rings (SSSR count). The molecule has 0 unspecified atom stereocenters. The molecule has 1 atom stereocenters. The zero-order valence-electron chi connectivity index (χ0n) is 18.0. The van der Waals surface area contributed by atoms with Crippen LogP contribution in [-0.4, -0.2) is 66.3 Å². The predicted octanol–water partition coefficient (Wildman–Crippen LogP) is 2.48. The molecule has 3 aliphatic rings. The van der Waals surface area contributed by atoms with Crippen molar-refractivity contribution >= 4 is 40.9 Å². The lowest BCUT2D eigenvalue weighted by atomic mass is 9.95. The number of likely N-dealkylation sites (tertiary alicyclic amines) is 1. The molecule has 3 saturated heterocycles. The molecule has 3 amide bonds. The number of anilines is 2. The van der Waals surface area contributed by atoms with Crippen molar-refractivity contribution in [2.75, 3.05) is 47.9 Å². The number of amides is 3. The first-order valence-corrected chi connectivity index (χ1v) is 12.6. The van der Waals surface area contributed by atoms with E-state index in [0.717, 1.165) is 50.5 Å². The van der Waals surface area contributed by atoms with Crippen LogP contribution in [0.25, 0.3) is 0 Å². The summed E-state index contributed by atoms with van der Waals surface area (Å²) in [6, 6.07) is 7.87. The van der Waals surface area contributed by atoms with E-state index >= 15 is 0 Å². The van der Waals surface area contributed by atoms with Gasteiger partial charge in [-0.3, -0.25) is 19.3 Å². The number of rotatable bonds is 5. The highest BCUT2D eigenvalue weighted by Gasteiger charge is 2.28. The van der Waals surface area contributed by atoms with E-state index in [1.807, 2.05) is 17.8 Å². The third kappa shape index (κ3) is 5.80. The molecule has 7 nitrogen and oxygen atoms in total. The van der Waals surface area contributed by atoms with Gasteiger partial charge in [-0.05, 0) is 75.1 Å². The molecule has 0 aliphatic carbocycles. The van der Waals surface area contributed by atoms with Crippen LogP contribution >= 0.6 is 11.8 Å². The lowest BCUT2D eigenvalue weighted by Crippen LogP contribution is -2.45. The van der Waals surface area contributed by atoms with Crippen LogP contribution in [0.1, 0.15) is 38.5 Å². The van der Waals surface area contributed by atoms with Gasteiger partial charge in [0, 0.05) is 42.7 Å². The maximum atomic E-state index is 12.3. The molecular weight excluding hydrogens is 412 g/mol. The van der Waals surface area contributed by atoms with E-state index in [0.29, 0.717) is 31.1 Å². The van der Waals surface area contributed by atoms with Gasteiger partial charge in [0.25, 0.3) is 0 Å². The van der Waals surface area contributed by atoms with Crippen molar-refractivity contribution in [3.05, 3.63) is 24.3 Å². The Morgan fingerprint density at radius 3 is 2.65 bits per heavy atom. The number of carbonyl (C=O) groups is 3. The van der Waals surface area contributed by atoms with Crippen molar-refractivity contribution in [2.24, 2.45) is 5.92 Å². The van der Waals surface area contributed by atoms with E-state index in [1.165, 1.54) is 17.9 Å². The van der Waals surface area contributed by atoms with Crippen LogP contribution in [0.5, 0.6) is 0 Å². The van der Waals surface area contributed by atoms with Crippen LogP contribution < -0.4 is 15.5 Å². The lowest BCUT2D eigenvalue weighted by molar-refractivity contribution is -0.136. The van der Waals surface area contributed by atoms with Crippen molar-refractivity contribution in [2.45, 2.75) is 44.6 Å². The topological polar surface area (TPSA) is 81.8 Å². The minimum atomic E-state index is -0.664. The molecule has 2 N–H and O–H groups in total. The third-order valence-electron chi connectivity index (χ3n) is 6.57. The highest BCUT2D eigenvalue weighted by molar-refractivity contribution is 7.99. The summed E-state index contributed by atoms with van der Waals surface area (Å²) in [5.41, 5.74) is 1.29. The SMILES string of the molecule is O=C(NCC1CCN([C@@H]2CCSC2)CC1)C(=O)Nc1cccc(N2CCCCC2=O)c1.